The topological polar surface area (TPSA) is 73.6 Å². The van der Waals surface area contributed by atoms with Gasteiger partial charge in [0.05, 0.1) is 13.7 Å². The molecule has 0 atom stereocenters. The lowest BCUT2D eigenvalue weighted by Gasteiger charge is -2.11. The minimum absolute atomic E-state index is 0.461. The number of hydrogen-bond donors (Lipinski definition) is 1. The molecule has 0 fully saturated rings. The van der Waals surface area contributed by atoms with Crippen molar-refractivity contribution in [3.8, 4) is 11.5 Å². The lowest BCUT2D eigenvalue weighted by molar-refractivity contribution is -0.131. The number of nitrogens with zero attached hydrogens (tertiary/aromatic N) is 2. The minimum atomic E-state index is -0.992. The molecule has 0 spiro atoms. The molecule has 0 radical (unpaired) electrons. The van der Waals surface area contributed by atoms with Gasteiger partial charge in [-0.25, -0.2) is 4.79 Å². The average molecular weight is 288 g/mol. The fraction of sp³-hybridized carbons (Fsp3) is 0.200. The molecule has 21 heavy (non-hydrogen) atoms. The molecule has 0 aliphatic rings. The molecule has 0 saturated heterocycles. The summed E-state index contributed by atoms with van der Waals surface area (Å²) >= 11 is 0. The van der Waals surface area contributed by atoms with E-state index in [0.29, 0.717) is 24.7 Å². The van der Waals surface area contributed by atoms with Crippen LogP contribution in [0.3, 0.4) is 0 Å². The zero-order valence-corrected chi connectivity index (χ0v) is 11.6. The average Bonchev–Trinajstić information content (AvgIpc) is 2.99. The van der Waals surface area contributed by atoms with Gasteiger partial charge in [0.1, 0.15) is 6.61 Å². The summed E-state index contributed by atoms with van der Waals surface area (Å²) in [5.74, 6) is 0.175. The van der Waals surface area contributed by atoms with Gasteiger partial charge in [0.25, 0.3) is 0 Å². The summed E-state index contributed by atoms with van der Waals surface area (Å²) in [5, 5.41) is 12.7. The highest BCUT2D eigenvalue weighted by Gasteiger charge is 2.05. The largest absolute Gasteiger partial charge is 0.493 e. The van der Waals surface area contributed by atoms with Crippen LogP contribution < -0.4 is 9.47 Å². The Morgan fingerprint density at radius 3 is 2.95 bits per heavy atom. The van der Waals surface area contributed by atoms with Crippen LogP contribution in [0.4, 0.5) is 0 Å². The SMILES string of the molecule is COc1cc(C=CC(=O)O)ccc1OCCn1cccn1. The summed E-state index contributed by atoms with van der Waals surface area (Å²) < 4.78 is 12.7. The molecular weight excluding hydrogens is 272 g/mol. The monoisotopic (exact) mass is 288 g/mol. The second kappa shape index (κ2) is 7.14. The molecule has 0 saturated carbocycles. The van der Waals surface area contributed by atoms with Crippen LogP contribution in [-0.4, -0.2) is 34.6 Å². The zero-order valence-electron chi connectivity index (χ0n) is 11.6. The lowest BCUT2D eigenvalue weighted by atomic mass is 10.2. The Bertz CT molecular complexity index is 621. The summed E-state index contributed by atoms with van der Waals surface area (Å²) in [6.07, 6.45) is 6.15. The predicted molar refractivity (Wildman–Crippen MR) is 77.4 cm³/mol. The molecule has 0 aliphatic heterocycles. The van der Waals surface area contributed by atoms with E-state index in [0.717, 1.165) is 11.6 Å². The van der Waals surface area contributed by atoms with Crippen LogP contribution in [0, 0.1) is 0 Å². The van der Waals surface area contributed by atoms with Gasteiger partial charge >= 0.3 is 5.97 Å². The highest BCUT2D eigenvalue weighted by Crippen LogP contribution is 2.28. The van der Waals surface area contributed by atoms with Gasteiger partial charge in [-0.05, 0) is 29.8 Å². The van der Waals surface area contributed by atoms with E-state index in [1.54, 1.807) is 36.2 Å². The number of hydrogen-bond acceptors (Lipinski definition) is 4. The van der Waals surface area contributed by atoms with E-state index < -0.39 is 5.97 Å². The molecule has 2 aromatic rings. The number of rotatable bonds is 7. The zero-order chi connectivity index (χ0) is 15.1. The van der Waals surface area contributed by atoms with Gasteiger partial charge < -0.3 is 14.6 Å². The molecule has 1 aromatic heterocycles. The van der Waals surface area contributed by atoms with Crippen LogP contribution in [0.1, 0.15) is 5.56 Å². The van der Waals surface area contributed by atoms with E-state index >= 15 is 0 Å². The van der Waals surface area contributed by atoms with Crippen molar-refractivity contribution in [2.75, 3.05) is 13.7 Å². The summed E-state index contributed by atoms with van der Waals surface area (Å²) in [5.41, 5.74) is 0.730. The molecule has 6 heteroatoms. The third-order valence-corrected chi connectivity index (χ3v) is 2.74. The Balaban J connectivity index is 2.00. The Kier molecular flexibility index (Phi) is 4.98. The first kappa shape index (κ1) is 14.6. The Morgan fingerprint density at radius 2 is 2.29 bits per heavy atom. The van der Waals surface area contributed by atoms with Gasteiger partial charge in [0, 0.05) is 18.5 Å². The highest BCUT2D eigenvalue weighted by molar-refractivity contribution is 5.85. The fourth-order valence-corrected chi connectivity index (χ4v) is 1.76. The lowest BCUT2D eigenvalue weighted by Crippen LogP contribution is -2.08. The van der Waals surface area contributed by atoms with Crippen LogP contribution in [0.25, 0.3) is 6.08 Å². The van der Waals surface area contributed by atoms with Gasteiger partial charge in [0.15, 0.2) is 11.5 Å². The quantitative estimate of drug-likeness (QED) is 0.789. The van der Waals surface area contributed by atoms with E-state index in [4.69, 9.17) is 14.6 Å². The Labute approximate surface area is 122 Å². The molecule has 0 amide bonds. The van der Waals surface area contributed by atoms with Gasteiger partial charge in [-0.1, -0.05) is 6.07 Å². The van der Waals surface area contributed by atoms with Gasteiger partial charge in [-0.2, -0.15) is 5.10 Å². The molecule has 1 aromatic carbocycles. The first-order valence-corrected chi connectivity index (χ1v) is 6.38. The van der Waals surface area contributed by atoms with E-state index in [1.165, 1.54) is 6.08 Å². The van der Waals surface area contributed by atoms with Crippen LogP contribution >= 0.6 is 0 Å². The van der Waals surface area contributed by atoms with E-state index in [2.05, 4.69) is 5.10 Å². The maximum absolute atomic E-state index is 10.5. The van der Waals surface area contributed by atoms with Crippen molar-refractivity contribution in [2.24, 2.45) is 0 Å². The second-order valence-electron chi connectivity index (χ2n) is 4.20. The first-order chi connectivity index (χ1) is 10.2. The van der Waals surface area contributed by atoms with E-state index in [9.17, 15) is 4.79 Å². The highest BCUT2D eigenvalue weighted by atomic mass is 16.5. The number of aliphatic carboxylic acids is 1. The van der Waals surface area contributed by atoms with Gasteiger partial charge in [-0.3, -0.25) is 4.68 Å². The van der Waals surface area contributed by atoms with Crippen molar-refractivity contribution < 1.29 is 19.4 Å². The number of methoxy groups -OCH3 is 1. The van der Waals surface area contributed by atoms with Crippen molar-refractivity contribution in [2.45, 2.75) is 6.54 Å². The smallest absolute Gasteiger partial charge is 0.328 e. The Hall–Kier alpha value is -2.76. The number of benzene rings is 1. The molecule has 0 unspecified atom stereocenters. The first-order valence-electron chi connectivity index (χ1n) is 6.38. The van der Waals surface area contributed by atoms with E-state index in [-0.39, 0.29) is 0 Å². The van der Waals surface area contributed by atoms with Crippen molar-refractivity contribution in [3.63, 3.8) is 0 Å². The van der Waals surface area contributed by atoms with Crippen LogP contribution in [0.2, 0.25) is 0 Å². The molecule has 1 heterocycles. The van der Waals surface area contributed by atoms with Gasteiger partial charge in [-0.15, -0.1) is 0 Å². The molecule has 6 nitrogen and oxygen atoms in total. The van der Waals surface area contributed by atoms with Crippen molar-refractivity contribution >= 4 is 12.0 Å². The molecular formula is C15H16N2O4. The third kappa shape index (κ3) is 4.38. The number of ether oxygens (including phenoxy) is 2. The summed E-state index contributed by atoms with van der Waals surface area (Å²) in [6, 6.07) is 7.10. The molecule has 110 valence electrons. The van der Waals surface area contributed by atoms with Crippen molar-refractivity contribution in [1.82, 2.24) is 9.78 Å². The number of carbonyl (C=O) groups is 1. The maximum atomic E-state index is 10.5. The maximum Gasteiger partial charge on any atom is 0.328 e. The number of carboxylic acids is 1. The fourth-order valence-electron chi connectivity index (χ4n) is 1.76. The van der Waals surface area contributed by atoms with Crippen molar-refractivity contribution in [1.29, 1.82) is 0 Å². The molecule has 2 rings (SSSR count). The molecule has 1 N–H and O–H groups in total. The van der Waals surface area contributed by atoms with Crippen LogP contribution in [0.15, 0.2) is 42.7 Å². The van der Waals surface area contributed by atoms with Gasteiger partial charge in [0.2, 0.25) is 0 Å². The third-order valence-electron chi connectivity index (χ3n) is 2.74. The van der Waals surface area contributed by atoms with Crippen LogP contribution in [-0.2, 0) is 11.3 Å². The summed E-state index contributed by atoms with van der Waals surface area (Å²) in [6.45, 7) is 1.10. The van der Waals surface area contributed by atoms with Crippen molar-refractivity contribution in [3.05, 3.63) is 48.3 Å². The minimum Gasteiger partial charge on any atom is -0.493 e. The molecule has 0 aliphatic carbocycles. The Morgan fingerprint density at radius 1 is 1.43 bits per heavy atom. The predicted octanol–water partition coefficient (Wildman–Crippen LogP) is 2.07. The standard InChI is InChI=1S/C15H16N2O4/c1-20-14-11-12(4-6-15(18)19)3-5-13(14)21-10-9-17-8-2-7-16-17/h2-8,11H,9-10H2,1H3,(H,18,19). The normalized spacial score (nSPS) is 10.7. The second-order valence-corrected chi connectivity index (χ2v) is 4.20. The number of aromatic nitrogens is 2. The summed E-state index contributed by atoms with van der Waals surface area (Å²) in [7, 11) is 1.54. The summed E-state index contributed by atoms with van der Waals surface area (Å²) in [4.78, 5) is 10.5. The van der Waals surface area contributed by atoms with E-state index in [1.807, 2.05) is 12.3 Å². The van der Waals surface area contributed by atoms with Crippen LogP contribution in [0.5, 0.6) is 11.5 Å². The number of carboxylic acid groups (broad SMARTS) is 1. The molecule has 0 bridgehead atoms.